The Kier molecular flexibility index (Phi) is 5.61. The second-order valence-electron chi connectivity index (χ2n) is 5.33. The summed E-state index contributed by atoms with van der Waals surface area (Å²) in [5, 5.41) is 3.52. The summed E-state index contributed by atoms with van der Waals surface area (Å²) in [4.78, 5) is 11.9. The number of nitrogens with one attached hydrogen (secondary N) is 1. The highest BCUT2D eigenvalue weighted by Crippen LogP contribution is 2.14. The minimum atomic E-state index is -3.13. The molecule has 2 rings (SSSR count). The van der Waals surface area contributed by atoms with Gasteiger partial charge < -0.3 is 5.32 Å². The molecule has 0 saturated carbocycles. The summed E-state index contributed by atoms with van der Waals surface area (Å²) in [5.41, 5.74) is 0.856. The van der Waals surface area contributed by atoms with E-state index in [1.54, 1.807) is 18.2 Å². The lowest BCUT2D eigenvalue weighted by atomic mass is 10.1. The van der Waals surface area contributed by atoms with E-state index in [1.807, 2.05) is 12.1 Å². The van der Waals surface area contributed by atoms with Crippen LogP contribution in [0.1, 0.15) is 18.4 Å². The number of piperidine rings is 1. The predicted molar refractivity (Wildman–Crippen MR) is 88.1 cm³/mol. The maximum absolute atomic E-state index is 11.9. The number of carbonyl (C=O) groups is 1. The van der Waals surface area contributed by atoms with Crippen LogP contribution in [0.25, 0.3) is 6.08 Å². The number of sulfonamides is 1. The Morgan fingerprint density at radius 2 is 2.05 bits per heavy atom. The summed E-state index contributed by atoms with van der Waals surface area (Å²) in [5.74, 6) is -0.183. The highest BCUT2D eigenvalue weighted by Gasteiger charge is 2.25. The highest BCUT2D eigenvalue weighted by molar-refractivity contribution is 7.88. The number of amides is 1. The first-order valence-corrected chi connectivity index (χ1v) is 9.26. The zero-order valence-electron chi connectivity index (χ0n) is 12.3. The number of rotatable bonds is 4. The predicted octanol–water partition coefficient (Wildman–Crippen LogP) is 1.89. The molecule has 1 N–H and O–H groups in total. The van der Waals surface area contributed by atoms with E-state index in [2.05, 4.69) is 5.32 Å². The van der Waals surface area contributed by atoms with Crippen LogP contribution in [0.5, 0.6) is 0 Å². The van der Waals surface area contributed by atoms with Crippen LogP contribution in [0, 0.1) is 0 Å². The largest absolute Gasteiger partial charge is 0.350 e. The van der Waals surface area contributed by atoms with E-state index in [0.29, 0.717) is 31.0 Å². The van der Waals surface area contributed by atoms with E-state index >= 15 is 0 Å². The number of hydrogen-bond donors (Lipinski definition) is 1. The molecule has 1 aromatic rings. The van der Waals surface area contributed by atoms with Crippen molar-refractivity contribution in [2.45, 2.75) is 18.9 Å². The number of nitrogens with zero attached hydrogens (tertiary/aromatic N) is 1. The zero-order chi connectivity index (χ0) is 16.2. The van der Waals surface area contributed by atoms with Crippen molar-refractivity contribution in [3.8, 4) is 0 Å². The Morgan fingerprint density at radius 1 is 1.36 bits per heavy atom. The second-order valence-corrected chi connectivity index (χ2v) is 7.75. The third kappa shape index (κ3) is 5.12. The minimum absolute atomic E-state index is 0.00881. The van der Waals surface area contributed by atoms with Crippen molar-refractivity contribution in [3.63, 3.8) is 0 Å². The fourth-order valence-corrected chi connectivity index (χ4v) is 3.44. The number of benzene rings is 1. The van der Waals surface area contributed by atoms with Crippen molar-refractivity contribution in [1.82, 2.24) is 9.62 Å². The molecule has 0 spiro atoms. The third-order valence-electron chi connectivity index (χ3n) is 3.55. The number of halogens is 1. The van der Waals surface area contributed by atoms with Gasteiger partial charge >= 0.3 is 0 Å². The van der Waals surface area contributed by atoms with E-state index in [9.17, 15) is 13.2 Å². The first kappa shape index (κ1) is 17.0. The summed E-state index contributed by atoms with van der Waals surface area (Å²) in [6, 6.07) is 7.24. The Hall–Kier alpha value is -1.37. The normalized spacial score (nSPS) is 17.7. The quantitative estimate of drug-likeness (QED) is 0.850. The molecule has 1 fully saturated rings. The lowest BCUT2D eigenvalue weighted by Gasteiger charge is -2.30. The zero-order valence-corrected chi connectivity index (χ0v) is 13.9. The van der Waals surface area contributed by atoms with Crippen LogP contribution in [0.4, 0.5) is 0 Å². The van der Waals surface area contributed by atoms with E-state index in [-0.39, 0.29) is 11.9 Å². The lowest BCUT2D eigenvalue weighted by molar-refractivity contribution is -0.117. The molecule has 0 radical (unpaired) electrons. The van der Waals surface area contributed by atoms with E-state index < -0.39 is 10.0 Å². The Morgan fingerprint density at radius 3 is 2.64 bits per heavy atom. The molecule has 1 aliphatic rings. The highest BCUT2D eigenvalue weighted by atomic mass is 35.5. The van der Waals surface area contributed by atoms with E-state index in [1.165, 1.54) is 16.6 Å². The average Bonchev–Trinajstić information content (AvgIpc) is 2.45. The molecule has 1 heterocycles. The van der Waals surface area contributed by atoms with Gasteiger partial charge in [0.05, 0.1) is 6.26 Å². The topological polar surface area (TPSA) is 66.5 Å². The molecule has 7 heteroatoms. The summed E-state index contributed by atoms with van der Waals surface area (Å²) in [6.45, 7) is 0.892. The smallest absolute Gasteiger partial charge is 0.244 e. The maximum atomic E-state index is 11.9. The molecule has 0 aliphatic carbocycles. The molecular weight excluding hydrogens is 324 g/mol. The Bertz CT molecular complexity index is 665. The maximum Gasteiger partial charge on any atom is 0.244 e. The number of carbonyl (C=O) groups excluding carboxylic acids is 1. The van der Waals surface area contributed by atoms with Crippen LogP contribution in [0.2, 0.25) is 5.02 Å². The van der Waals surface area contributed by atoms with Gasteiger partial charge in [0.15, 0.2) is 0 Å². The molecule has 5 nitrogen and oxygen atoms in total. The molecule has 0 unspecified atom stereocenters. The molecule has 1 saturated heterocycles. The van der Waals surface area contributed by atoms with Gasteiger partial charge in [-0.3, -0.25) is 4.79 Å². The van der Waals surface area contributed by atoms with Gasteiger partial charge in [0.1, 0.15) is 0 Å². The molecule has 22 heavy (non-hydrogen) atoms. The van der Waals surface area contributed by atoms with Gasteiger partial charge in [0.25, 0.3) is 0 Å². The molecule has 120 valence electrons. The van der Waals surface area contributed by atoms with Gasteiger partial charge in [0, 0.05) is 30.2 Å². The van der Waals surface area contributed by atoms with Crippen LogP contribution in [-0.4, -0.2) is 44.0 Å². The van der Waals surface area contributed by atoms with Crippen molar-refractivity contribution in [2.75, 3.05) is 19.3 Å². The Balaban J connectivity index is 1.83. The van der Waals surface area contributed by atoms with Crippen molar-refractivity contribution in [1.29, 1.82) is 0 Å². The van der Waals surface area contributed by atoms with Gasteiger partial charge in [-0.2, -0.15) is 0 Å². The first-order valence-electron chi connectivity index (χ1n) is 7.04. The van der Waals surface area contributed by atoms with Crippen LogP contribution in [0.3, 0.4) is 0 Å². The standard InChI is InChI=1S/C15H19ClN2O3S/c1-22(20,21)18-9-7-14(8-10-18)17-15(19)6-5-12-3-2-4-13(16)11-12/h2-6,11,14H,7-10H2,1H3,(H,17,19). The summed E-state index contributed by atoms with van der Waals surface area (Å²) in [7, 11) is -3.13. The SMILES string of the molecule is CS(=O)(=O)N1CCC(NC(=O)C=Cc2cccc(Cl)c2)CC1. The van der Waals surface area contributed by atoms with Gasteiger partial charge in [-0.05, 0) is 36.6 Å². The van der Waals surface area contributed by atoms with Crippen LogP contribution >= 0.6 is 11.6 Å². The average molecular weight is 343 g/mol. The molecule has 1 aromatic carbocycles. The monoisotopic (exact) mass is 342 g/mol. The van der Waals surface area contributed by atoms with Crippen molar-refractivity contribution < 1.29 is 13.2 Å². The lowest BCUT2D eigenvalue weighted by Crippen LogP contribution is -2.45. The van der Waals surface area contributed by atoms with Gasteiger partial charge in [0.2, 0.25) is 15.9 Å². The molecule has 0 atom stereocenters. The minimum Gasteiger partial charge on any atom is -0.350 e. The van der Waals surface area contributed by atoms with Crippen LogP contribution < -0.4 is 5.32 Å². The fourth-order valence-electron chi connectivity index (χ4n) is 2.36. The van der Waals surface area contributed by atoms with Crippen molar-refractivity contribution >= 4 is 33.6 Å². The first-order chi connectivity index (χ1) is 10.3. The second kappa shape index (κ2) is 7.26. The van der Waals surface area contributed by atoms with Gasteiger partial charge in [-0.25, -0.2) is 12.7 Å². The number of hydrogen-bond acceptors (Lipinski definition) is 3. The van der Waals surface area contributed by atoms with Crippen LogP contribution in [-0.2, 0) is 14.8 Å². The van der Waals surface area contributed by atoms with E-state index in [4.69, 9.17) is 11.6 Å². The molecule has 1 amide bonds. The molecule has 0 aromatic heterocycles. The summed E-state index contributed by atoms with van der Waals surface area (Å²) in [6.07, 6.45) is 5.63. The third-order valence-corrected chi connectivity index (χ3v) is 5.08. The van der Waals surface area contributed by atoms with Crippen molar-refractivity contribution in [3.05, 3.63) is 40.9 Å². The molecule has 0 bridgehead atoms. The molecular formula is C15H19ClN2O3S. The summed E-state index contributed by atoms with van der Waals surface area (Å²) >= 11 is 5.88. The molecule has 1 aliphatic heterocycles. The van der Waals surface area contributed by atoms with Crippen LogP contribution in [0.15, 0.2) is 30.3 Å². The van der Waals surface area contributed by atoms with E-state index in [0.717, 1.165) is 5.56 Å². The Labute approximate surface area is 136 Å². The summed E-state index contributed by atoms with van der Waals surface area (Å²) < 4.78 is 24.3. The fraction of sp³-hybridized carbons (Fsp3) is 0.400. The van der Waals surface area contributed by atoms with Gasteiger partial charge in [-0.1, -0.05) is 23.7 Å². The van der Waals surface area contributed by atoms with Crippen molar-refractivity contribution in [2.24, 2.45) is 0 Å². The van der Waals surface area contributed by atoms with Gasteiger partial charge in [-0.15, -0.1) is 0 Å².